The van der Waals surface area contributed by atoms with Gasteiger partial charge in [0.15, 0.2) is 0 Å². The monoisotopic (exact) mass is 403 g/mol. The Morgan fingerprint density at radius 1 is 0.867 bits per heavy atom. The summed E-state index contributed by atoms with van der Waals surface area (Å²) < 4.78 is 7.96. The molecule has 0 saturated carbocycles. The lowest BCUT2D eigenvalue weighted by molar-refractivity contribution is 0.00696. The van der Waals surface area contributed by atoms with E-state index in [1.165, 1.54) is 11.1 Å². The van der Waals surface area contributed by atoms with Crippen molar-refractivity contribution in [3.05, 3.63) is 76.6 Å². The maximum absolute atomic E-state index is 13.3. The lowest BCUT2D eigenvalue weighted by Crippen LogP contribution is -2.24. The molecule has 0 amide bonds. The van der Waals surface area contributed by atoms with E-state index in [0.717, 1.165) is 28.2 Å². The second-order valence-electron chi connectivity index (χ2n) is 9.37. The molecule has 0 saturated heterocycles. The van der Waals surface area contributed by atoms with Crippen molar-refractivity contribution in [3.63, 3.8) is 0 Å². The van der Waals surface area contributed by atoms with E-state index in [2.05, 4.69) is 80.8 Å². The van der Waals surface area contributed by atoms with Gasteiger partial charge in [0, 0.05) is 22.6 Å². The lowest BCUT2D eigenvalue weighted by atomic mass is 9.96. The molecule has 0 aliphatic rings. The number of hydrogen-bond donors (Lipinski definition) is 0. The first-order valence-electron chi connectivity index (χ1n) is 10.6. The van der Waals surface area contributed by atoms with E-state index in [1.54, 1.807) is 0 Å². The number of ether oxygens (including phenoxy) is 1. The normalized spacial score (nSPS) is 11.8. The molecule has 0 spiro atoms. The smallest absolute Gasteiger partial charge is 0.341 e. The second-order valence-corrected chi connectivity index (χ2v) is 9.37. The first-order chi connectivity index (χ1) is 14.0. The molecule has 0 atom stereocenters. The third kappa shape index (κ3) is 4.35. The summed E-state index contributed by atoms with van der Waals surface area (Å²) in [5.74, 6) is 0.182. The molecule has 0 radical (unpaired) electrons. The Morgan fingerprint density at radius 2 is 1.43 bits per heavy atom. The highest BCUT2D eigenvalue weighted by molar-refractivity contribution is 6.00. The molecular weight excluding hydrogens is 370 g/mol. The molecule has 158 valence electrons. The minimum atomic E-state index is -0.553. The first-order valence-corrected chi connectivity index (χ1v) is 10.6. The van der Waals surface area contributed by atoms with Crippen LogP contribution in [0.5, 0.6) is 0 Å². The van der Waals surface area contributed by atoms with Gasteiger partial charge in [-0.25, -0.2) is 4.79 Å². The van der Waals surface area contributed by atoms with Gasteiger partial charge in [-0.1, -0.05) is 55.8 Å². The minimum Gasteiger partial charge on any atom is -0.456 e. The average Bonchev–Trinajstić information content (AvgIpc) is 2.92. The Labute approximate surface area is 180 Å². The Morgan fingerprint density at radius 3 is 1.93 bits per heavy atom. The van der Waals surface area contributed by atoms with E-state index >= 15 is 0 Å². The first kappa shape index (κ1) is 21.9. The van der Waals surface area contributed by atoms with Crippen LogP contribution in [0.15, 0.2) is 48.5 Å². The van der Waals surface area contributed by atoms with E-state index < -0.39 is 5.60 Å². The van der Waals surface area contributed by atoms with Gasteiger partial charge in [0.05, 0.1) is 5.56 Å². The molecule has 0 unspecified atom stereocenters. The lowest BCUT2D eigenvalue weighted by Gasteiger charge is -2.20. The maximum Gasteiger partial charge on any atom is 0.341 e. The number of aromatic nitrogens is 1. The molecule has 3 heteroatoms. The summed E-state index contributed by atoms with van der Waals surface area (Å²) >= 11 is 0. The number of esters is 1. The summed E-state index contributed by atoms with van der Waals surface area (Å²) in [6, 6.07) is 16.9. The van der Waals surface area contributed by atoms with Gasteiger partial charge < -0.3 is 9.30 Å². The van der Waals surface area contributed by atoms with Crippen LogP contribution in [0, 0.1) is 20.8 Å². The molecule has 30 heavy (non-hydrogen) atoms. The third-order valence-corrected chi connectivity index (χ3v) is 5.41. The predicted octanol–water partition coefficient (Wildman–Crippen LogP) is 7.15. The number of benzene rings is 2. The summed E-state index contributed by atoms with van der Waals surface area (Å²) in [4.78, 5) is 13.3. The van der Waals surface area contributed by atoms with Crippen molar-refractivity contribution in [3.8, 4) is 16.8 Å². The van der Waals surface area contributed by atoms with Gasteiger partial charge in [0.25, 0.3) is 0 Å². The van der Waals surface area contributed by atoms with Crippen molar-refractivity contribution in [2.75, 3.05) is 0 Å². The molecule has 3 rings (SSSR count). The molecule has 3 nitrogen and oxygen atoms in total. The van der Waals surface area contributed by atoms with Crippen molar-refractivity contribution in [1.29, 1.82) is 0 Å². The van der Waals surface area contributed by atoms with Gasteiger partial charge in [0.1, 0.15) is 5.60 Å². The van der Waals surface area contributed by atoms with Crippen LogP contribution in [0.3, 0.4) is 0 Å². The van der Waals surface area contributed by atoms with Gasteiger partial charge in [0.2, 0.25) is 0 Å². The predicted molar refractivity (Wildman–Crippen MR) is 125 cm³/mol. The SMILES string of the molecule is Cc1ccc(-n2c(C)c(C(=O)OC(C)(C)C)c(-c3ccc(C(C)C)cc3)c2C)cc1. The van der Waals surface area contributed by atoms with Crippen LogP contribution in [0.25, 0.3) is 16.8 Å². The number of aryl methyl sites for hydroxylation is 1. The molecule has 0 aliphatic heterocycles. The standard InChI is InChI=1S/C27H33NO2/c1-17(2)21-11-13-22(14-12-21)24-19(4)28(23-15-9-18(3)10-16-23)20(5)25(24)26(29)30-27(6,7)8/h9-17H,1-8H3. The maximum atomic E-state index is 13.3. The zero-order valence-electron chi connectivity index (χ0n) is 19.5. The van der Waals surface area contributed by atoms with Crippen LogP contribution in [0.1, 0.15) is 73.4 Å². The summed E-state index contributed by atoms with van der Waals surface area (Å²) in [5.41, 5.74) is 7.53. The number of carbonyl (C=O) groups excluding carboxylic acids is 1. The molecule has 2 aromatic carbocycles. The van der Waals surface area contributed by atoms with Crippen molar-refractivity contribution in [2.45, 2.75) is 66.9 Å². The number of hydrogen-bond acceptors (Lipinski definition) is 2. The van der Waals surface area contributed by atoms with E-state index in [0.29, 0.717) is 11.5 Å². The molecular formula is C27H33NO2. The number of nitrogens with zero attached hydrogens (tertiary/aromatic N) is 1. The van der Waals surface area contributed by atoms with Crippen LogP contribution < -0.4 is 0 Å². The van der Waals surface area contributed by atoms with Gasteiger partial charge in [-0.15, -0.1) is 0 Å². The summed E-state index contributed by atoms with van der Waals surface area (Å²) in [6.45, 7) is 16.2. The quantitative estimate of drug-likeness (QED) is 0.433. The van der Waals surface area contributed by atoms with Crippen molar-refractivity contribution in [2.24, 2.45) is 0 Å². The van der Waals surface area contributed by atoms with E-state index in [4.69, 9.17) is 4.74 Å². The van der Waals surface area contributed by atoms with Gasteiger partial charge >= 0.3 is 5.97 Å². The zero-order chi connectivity index (χ0) is 22.2. The fourth-order valence-corrected chi connectivity index (χ4v) is 3.88. The van der Waals surface area contributed by atoms with E-state index in [1.807, 2.05) is 27.7 Å². The van der Waals surface area contributed by atoms with Crippen molar-refractivity contribution in [1.82, 2.24) is 4.57 Å². The van der Waals surface area contributed by atoms with Gasteiger partial charge in [-0.05, 0) is 70.7 Å². The number of carbonyl (C=O) groups is 1. The largest absolute Gasteiger partial charge is 0.456 e. The summed E-state index contributed by atoms with van der Waals surface area (Å²) in [7, 11) is 0. The molecule has 0 aliphatic carbocycles. The van der Waals surface area contributed by atoms with Crippen molar-refractivity contribution < 1.29 is 9.53 Å². The topological polar surface area (TPSA) is 31.2 Å². The van der Waals surface area contributed by atoms with Crippen LogP contribution >= 0.6 is 0 Å². The van der Waals surface area contributed by atoms with Gasteiger partial charge in [-0.2, -0.15) is 0 Å². The highest BCUT2D eigenvalue weighted by atomic mass is 16.6. The summed E-state index contributed by atoms with van der Waals surface area (Å²) in [6.07, 6.45) is 0. The second kappa shape index (κ2) is 8.14. The molecule has 1 heterocycles. The average molecular weight is 404 g/mol. The van der Waals surface area contributed by atoms with Crippen LogP contribution in [-0.2, 0) is 4.74 Å². The number of rotatable bonds is 4. The van der Waals surface area contributed by atoms with E-state index in [-0.39, 0.29) is 5.97 Å². The Balaban J connectivity index is 2.24. The molecule has 0 fully saturated rings. The molecule has 0 N–H and O–H groups in total. The third-order valence-electron chi connectivity index (χ3n) is 5.41. The highest BCUT2D eigenvalue weighted by Gasteiger charge is 2.28. The Hall–Kier alpha value is -2.81. The van der Waals surface area contributed by atoms with Crippen LogP contribution in [0.4, 0.5) is 0 Å². The van der Waals surface area contributed by atoms with E-state index in [9.17, 15) is 4.79 Å². The summed E-state index contributed by atoms with van der Waals surface area (Å²) in [5, 5.41) is 0. The Bertz CT molecular complexity index is 1050. The molecule has 1 aromatic heterocycles. The molecule has 0 bridgehead atoms. The zero-order valence-corrected chi connectivity index (χ0v) is 19.5. The molecule has 3 aromatic rings. The van der Waals surface area contributed by atoms with Crippen LogP contribution in [-0.4, -0.2) is 16.1 Å². The van der Waals surface area contributed by atoms with Crippen molar-refractivity contribution >= 4 is 5.97 Å². The Kier molecular flexibility index (Phi) is 5.94. The van der Waals surface area contributed by atoms with Gasteiger partial charge in [-0.3, -0.25) is 0 Å². The minimum absolute atomic E-state index is 0.281. The highest BCUT2D eigenvalue weighted by Crippen LogP contribution is 2.36. The fraction of sp³-hybridized carbons (Fsp3) is 0.370. The fourth-order valence-electron chi connectivity index (χ4n) is 3.88. The van der Waals surface area contributed by atoms with Crippen LogP contribution in [0.2, 0.25) is 0 Å².